The van der Waals surface area contributed by atoms with Crippen molar-refractivity contribution in [2.24, 2.45) is 5.92 Å². The maximum absolute atomic E-state index is 11.4. The number of carboxylic acids is 1. The molecule has 0 bridgehead atoms. The van der Waals surface area contributed by atoms with Crippen molar-refractivity contribution < 1.29 is 19.8 Å². The van der Waals surface area contributed by atoms with Crippen LogP contribution in [0.5, 0.6) is 0 Å². The van der Waals surface area contributed by atoms with E-state index in [1.54, 1.807) is 0 Å². The van der Waals surface area contributed by atoms with Gasteiger partial charge in [0.2, 0.25) is 0 Å². The van der Waals surface area contributed by atoms with E-state index in [2.05, 4.69) is 17.6 Å². The second-order valence-corrected chi connectivity index (χ2v) is 4.21. The fraction of sp³-hybridized carbons (Fsp3) is 0.800. The molecule has 0 aromatic carbocycles. The molecule has 2 amide bonds. The van der Waals surface area contributed by atoms with E-state index in [0.717, 1.165) is 19.3 Å². The molecule has 2 unspecified atom stereocenters. The summed E-state index contributed by atoms with van der Waals surface area (Å²) < 4.78 is 0. The Hall–Kier alpha value is -1.30. The second-order valence-electron chi connectivity index (χ2n) is 4.21. The van der Waals surface area contributed by atoms with Crippen molar-refractivity contribution in [3.63, 3.8) is 0 Å². The molecular weight excluding hydrogens is 212 g/mol. The van der Waals surface area contributed by atoms with Crippen LogP contribution in [-0.4, -0.2) is 40.9 Å². The van der Waals surface area contributed by atoms with Crippen molar-refractivity contribution in [1.29, 1.82) is 0 Å². The minimum atomic E-state index is -1.24. The Labute approximate surface area is 94.0 Å². The van der Waals surface area contributed by atoms with Crippen LogP contribution in [0.4, 0.5) is 4.79 Å². The van der Waals surface area contributed by atoms with E-state index in [9.17, 15) is 9.59 Å². The third-order valence-electron chi connectivity index (χ3n) is 2.96. The van der Waals surface area contributed by atoms with Gasteiger partial charge < -0.3 is 20.8 Å². The van der Waals surface area contributed by atoms with E-state index in [1.165, 1.54) is 0 Å². The van der Waals surface area contributed by atoms with Crippen LogP contribution in [0.3, 0.4) is 0 Å². The maximum Gasteiger partial charge on any atom is 0.328 e. The normalized spacial score (nSPS) is 26.1. The second kappa shape index (κ2) is 5.69. The van der Waals surface area contributed by atoms with Gasteiger partial charge in [0.1, 0.15) is 0 Å². The maximum atomic E-state index is 11.4. The number of carbonyl (C=O) groups excluding carboxylic acids is 1. The fourth-order valence-electron chi connectivity index (χ4n) is 1.91. The predicted molar refractivity (Wildman–Crippen MR) is 57.0 cm³/mol. The highest BCUT2D eigenvalue weighted by Crippen LogP contribution is 2.24. The Balaban J connectivity index is 2.37. The Kier molecular flexibility index (Phi) is 4.54. The summed E-state index contributed by atoms with van der Waals surface area (Å²) in [7, 11) is 0. The van der Waals surface area contributed by atoms with Crippen molar-refractivity contribution in [2.75, 3.05) is 6.61 Å². The summed E-state index contributed by atoms with van der Waals surface area (Å²) in [6, 6.07) is -1.66. The number of hydrogen-bond acceptors (Lipinski definition) is 3. The molecule has 1 aliphatic carbocycles. The van der Waals surface area contributed by atoms with Gasteiger partial charge in [-0.15, -0.1) is 0 Å². The lowest BCUT2D eigenvalue weighted by atomic mass is 10.1. The lowest BCUT2D eigenvalue weighted by Gasteiger charge is -2.19. The molecule has 0 aromatic rings. The quantitative estimate of drug-likeness (QED) is 0.543. The first kappa shape index (κ1) is 12.8. The van der Waals surface area contributed by atoms with E-state index < -0.39 is 24.6 Å². The van der Waals surface area contributed by atoms with E-state index >= 15 is 0 Å². The molecule has 1 saturated carbocycles. The predicted octanol–water partition coefficient (Wildman–Crippen LogP) is -0.0803. The molecule has 0 radical (unpaired) electrons. The van der Waals surface area contributed by atoms with Crippen molar-refractivity contribution in [3.05, 3.63) is 0 Å². The molecule has 1 aliphatic rings. The lowest BCUT2D eigenvalue weighted by Crippen LogP contribution is -2.50. The molecule has 6 heteroatoms. The van der Waals surface area contributed by atoms with Gasteiger partial charge in [0.25, 0.3) is 0 Å². The molecule has 92 valence electrons. The zero-order valence-corrected chi connectivity index (χ0v) is 9.27. The number of hydrogen-bond donors (Lipinski definition) is 4. The van der Waals surface area contributed by atoms with Crippen molar-refractivity contribution in [1.82, 2.24) is 10.6 Å². The Morgan fingerprint density at radius 1 is 1.44 bits per heavy atom. The molecule has 0 spiro atoms. The largest absolute Gasteiger partial charge is 0.480 e. The first-order valence-corrected chi connectivity index (χ1v) is 5.45. The van der Waals surface area contributed by atoms with Crippen LogP contribution in [0.15, 0.2) is 0 Å². The molecule has 6 nitrogen and oxygen atoms in total. The van der Waals surface area contributed by atoms with Gasteiger partial charge in [-0.05, 0) is 18.8 Å². The summed E-state index contributed by atoms with van der Waals surface area (Å²) >= 11 is 0. The van der Waals surface area contributed by atoms with Crippen LogP contribution in [0.1, 0.15) is 26.2 Å². The Morgan fingerprint density at radius 2 is 2.12 bits per heavy atom. The number of urea groups is 1. The van der Waals surface area contributed by atoms with Crippen molar-refractivity contribution >= 4 is 12.0 Å². The highest BCUT2D eigenvalue weighted by molar-refractivity contribution is 5.82. The highest BCUT2D eigenvalue weighted by atomic mass is 16.4. The van der Waals surface area contributed by atoms with Gasteiger partial charge in [0.05, 0.1) is 6.61 Å². The lowest BCUT2D eigenvalue weighted by molar-refractivity contribution is -0.140. The monoisotopic (exact) mass is 230 g/mol. The van der Waals surface area contributed by atoms with Crippen LogP contribution in [-0.2, 0) is 4.79 Å². The zero-order valence-electron chi connectivity index (χ0n) is 9.27. The first-order chi connectivity index (χ1) is 7.54. The molecule has 4 N–H and O–H groups in total. The molecule has 3 atom stereocenters. The molecule has 0 aromatic heterocycles. The summed E-state index contributed by atoms with van der Waals surface area (Å²) in [5.74, 6) is -0.819. The van der Waals surface area contributed by atoms with Gasteiger partial charge >= 0.3 is 12.0 Å². The van der Waals surface area contributed by atoms with Crippen molar-refractivity contribution in [2.45, 2.75) is 38.3 Å². The summed E-state index contributed by atoms with van der Waals surface area (Å²) in [6.45, 7) is 1.45. The topological polar surface area (TPSA) is 98.7 Å². The highest BCUT2D eigenvalue weighted by Gasteiger charge is 2.26. The van der Waals surface area contributed by atoms with E-state index in [4.69, 9.17) is 10.2 Å². The van der Waals surface area contributed by atoms with Crippen LogP contribution in [0.25, 0.3) is 0 Å². The third kappa shape index (κ3) is 3.37. The Morgan fingerprint density at radius 3 is 2.56 bits per heavy atom. The number of amides is 2. The van der Waals surface area contributed by atoms with Crippen molar-refractivity contribution in [3.8, 4) is 0 Å². The minimum absolute atomic E-state index is 0.105. The zero-order chi connectivity index (χ0) is 12.1. The number of aliphatic hydroxyl groups is 1. The molecule has 0 aliphatic heterocycles. The number of rotatable bonds is 4. The van der Waals surface area contributed by atoms with Gasteiger partial charge in [-0.25, -0.2) is 9.59 Å². The fourth-order valence-corrected chi connectivity index (χ4v) is 1.91. The standard InChI is InChI=1S/C10H18N2O4/c1-6-3-2-4-7(6)11-10(16)12-8(5-13)9(14)15/h6-8,13H,2-5H2,1H3,(H,14,15)(H2,11,12,16)/t6?,7?,8-/m0/s1. The number of aliphatic carboxylic acids is 1. The van der Waals surface area contributed by atoms with E-state index in [0.29, 0.717) is 5.92 Å². The van der Waals surface area contributed by atoms with Crippen LogP contribution < -0.4 is 10.6 Å². The van der Waals surface area contributed by atoms with Gasteiger partial charge in [-0.2, -0.15) is 0 Å². The minimum Gasteiger partial charge on any atom is -0.480 e. The van der Waals surface area contributed by atoms with Crippen LogP contribution in [0.2, 0.25) is 0 Å². The molecule has 0 heterocycles. The molecule has 16 heavy (non-hydrogen) atoms. The summed E-state index contributed by atoms with van der Waals surface area (Å²) in [6.07, 6.45) is 3.08. The summed E-state index contributed by atoms with van der Waals surface area (Å²) in [5, 5.41) is 22.3. The molecule has 1 fully saturated rings. The Bertz CT molecular complexity index is 270. The molecule has 1 rings (SSSR count). The third-order valence-corrected chi connectivity index (χ3v) is 2.96. The van der Waals surface area contributed by atoms with Gasteiger partial charge in [0.15, 0.2) is 6.04 Å². The number of carbonyl (C=O) groups is 2. The number of nitrogens with one attached hydrogen (secondary N) is 2. The van der Waals surface area contributed by atoms with E-state index in [-0.39, 0.29) is 6.04 Å². The smallest absolute Gasteiger partial charge is 0.328 e. The average molecular weight is 230 g/mol. The number of carboxylic acid groups (broad SMARTS) is 1. The average Bonchev–Trinajstić information content (AvgIpc) is 2.60. The molecular formula is C10H18N2O4. The number of aliphatic hydroxyl groups excluding tert-OH is 1. The molecule has 0 saturated heterocycles. The first-order valence-electron chi connectivity index (χ1n) is 5.45. The van der Waals surface area contributed by atoms with Gasteiger partial charge in [-0.1, -0.05) is 13.3 Å². The SMILES string of the molecule is CC1CCCC1NC(=O)N[C@@H](CO)C(=O)O. The van der Waals surface area contributed by atoms with Gasteiger partial charge in [-0.3, -0.25) is 0 Å². The van der Waals surface area contributed by atoms with Gasteiger partial charge in [0, 0.05) is 6.04 Å². The van der Waals surface area contributed by atoms with Crippen LogP contribution in [0, 0.1) is 5.92 Å². The summed E-state index contributed by atoms with van der Waals surface area (Å²) in [4.78, 5) is 22.0. The summed E-state index contributed by atoms with van der Waals surface area (Å²) in [5.41, 5.74) is 0. The van der Waals surface area contributed by atoms with E-state index in [1.807, 2.05) is 0 Å². The van der Waals surface area contributed by atoms with Crippen LogP contribution >= 0.6 is 0 Å².